The van der Waals surface area contributed by atoms with Gasteiger partial charge in [-0.1, -0.05) is 26.2 Å². The number of aliphatic carboxylic acids is 1. The van der Waals surface area contributed by atoms with Gasteiger partial charge in [0, 0.05) is 6.42 Å². The van der Waals surface area contributed by atoms with Gasteiger partial charge in [-0.2, -0.15) is 0 Å². The zero-order chi connectivity index (χ0) is 16.7. The van der Waals surface area contributed by atoms with Crippen LogP contribution in [-0.4, -0.2) is 70.9 Å². The van der Waals surface area contributed by atoms with E-state index in [1.807, 2.05) is 6.92 Å². The van der Waals surface area contributed by atoms with Crippen LogP contribution >= 0.6 is 0 Å². The third-order valence-electron chi connectivity index (χ3n) is 3.26. The second kappa shape index (κ2) is 8.46. The number of aliphatic hydroxyl groups is 2. The Hall–Kier alpha value is -0.980. The number of carboxylic acid groups (broad SMARTS) is 1. The van der Waals surface area contributed by atoms with Crippen molar-refractivity contribution >= 4 is 11.8 Å². The second-order valence-corrected chi connectivity index (χ2v) is 6.83. The summed E-state index contributed by atoms with van der Waals surface area (Å²) in [5, 5.41) is 29.2. The average molecular weight is 304 g/mol. The minimum atomic E-state index is -1.93. The molecule has 6 nitrogen and oxygen atoms in total. The molecule has 0 saturated carbocycles. The molecular formula is C15H30NO5+. The Bertz CT molecular complexity index is 350. The third kappa shape index (κ3) is 8.80. The van der Waals surface area contributed by atoms with Gasteiger partial charge in [0.2, 0.25) is 0 Å². The number of hydrogen-bond acceptors (Lipinski definition) is 4. The molecule has 0 rings (SSSR count). The molecule has 2 unspecified atom stereocenters. The Kier molecular flexibility index (Phi) is 8.06. The lowest BCUT2D eigenvalue weighted by atomic mass is 9.88. The van der Waals surface area contributed by atoms with Crippen molar-refractivity contribution in [2.24, 2.45) is 0 Å². The van der Waals surface area contributed by atoms with Gasteiger partial charge < -0.3 is 19.8 Å². The summed E-state index contributed by atoms with van der Waals surface area (Å²) < 4.78 is 0.265. The van der Waals surface area contributed by atoms with Gasteiger partial charge in [-0.3, -0.25) is 9.59 Å². The Balaban J connectivity index is 4.75. The fourth-order valence-corrected chi connectivity index (χ4v) is 2.41. The number of hydrogen-bond donors (Lipinski definition) is 3. The highest BCUT2D eigenvalue weighted by molar-refractivity contribution is 5.91. The van der Waals surface area contributed by atoms with E-state index in [0.29, 0.717) is 6.42 Å². The average Bonchev–Trinajstić information content (AvgIpc) is 2.25. The van der Waals surface area contributed by atoms with Gasteiger partial charge >= 0.3 is 5.97 Å². The van der Waals surface area contributed by atoms with Gasteiger partial charge in [-0.05, 0) is 6.42 Å². The van der Waals surface area contributed by atoms with Crippen molar-refractivity contribution in [1.82, 2.24) is 0 Å². The smallest absolute Gasteiger partial charge is 0.306 e. The highest BCUT2D eigenvalue weighted by Crippen LogP contribution is 2.20. The number of nitrogens with zero attached hydrogens (tertiary/aromatic N) is 1. The van der Waals surface area contributed by atoms with Gasteiger partial charge in [0.1, 0.15) is 6.54 Å². The van der Waals surface area contributed by atoms with E-state index in [1.54, 1.807) is 21.1 Å². The lowest BCUT2D eigenvalue weighted by molar-refractivity contribution is -0.875. The maximum atomic E-state index is 12.2. The molecule has 3 N–H and O–H groups in total. The summed E-state index contributed by atoms with van der Waals surface area (Å²) in [4.78, 5) is 23.2. The molecule has 124 valence electrons. The summed E-state index contributed by atoms with van der Waals surface area (Å²) in [5.41, 5.74) is -1.93. The number of Topliss-reactive ketones (excluding diaryl/α,β-unsaturated/α-hetero) is 1. The fraction of sp³-hybridized carbons (Fsp3) is 0.867. The van der Waals surface area contributed by atoms with E-state index in [0.717, 1.165) is 19.3 Å². The Morgan fingerprint density at radius 3 is 2.19 bits per heavy atom. The number of carbonyl (C=O) groups excluding carboxylic acids is 1. The molecule has 0 aromatic rings. The van der Waals surface area contributed by atoms with Crippen molar-refractivity contribution in [3.05, 3.63) is 0 Å². The van der Waals surface area contributed by atoms with Crippen molar-refractivity contribution in [2.75, 3.05) is 27.7 Å². The first-order valence-electron chi connectivity index (χ1n) is 7.46. The van der Waals surface area contributed by atoms with Crippen LogP contribution in [0.3, 0.4) is 0 Å². The first kappa shape index (κ1) is 20.0. The number of quaternary nitrogens is 1. The molecule has 0 aromatic carbocycles. The SMILES string of the molecule is CCCCCC(O)CC(=O)C(O)(CC(=O)O)C[N+](C)(C)C. The highest BCUT2D eigenvalue weighted by atomic mass is 16.4. The lowest BCUT2D eigenvalue weighted by Gasteiger charge is -2.34. The second-order valence-electron chi connectivity index (χ2n) is 6.83. The molecule has 0 fully saturated rings. The number of ketones is 1. The minimum Gasteiger partial charge on any atom is -0.481 e. The summed E-state index contributed by atoms with van der Waals surface area (Å²) in [6, 6.07) is 0. The van der Waals surface area contributed by atoms with Gasteiger partial charge in [-0.15, -0.1) is 0 Å². The maximum absolute atomic E-state index is 12.2. The van der Waals surface area contributed by atoms with E-state index in [-0.39, 0.29) is 17.4 Å². The summed E-state index contributed by atoms with van der Waals surface area (Å²) in [6.45, 7) is 2.05. The van der Waals surface area contributed by atoms with E-state index in [1.165, 1.54) is 0 Å². The van der Waals surface area contributed by atoms with Gasteiger partial charge in [-0.25, -0.2) is 0 Å². The van der Waals surface area contributed by atoms with Crippen LogP contribution in [-0.2, 0) is 9.59 Å². The molecule has 2 atom stereocenters. The van der Waals surface area contributed by atoms with Gasteiger partial charge in [0.05, 0.1) is 33.7 Å². The van der Waals surface area contributed by atoms with Crippen molar-refractivity contribution in [3.8, 4) is 0 Å². The molecule has 0 amide bonds. The van der Waals surface area contributed by atoms with E-state index in [2.05, 4.69) is 0 Å². The molecule has 6 heteroatoms. The molecule has 0 saturated heterocycles. The van der Waals surface area contributed by atoms with Crippen LogP contribution in [0.15, 0.2) is 0 Å². The molecule has 0 bridgehead atoms. The van der Waals surface area contributed by atoms with Crippen molar-refractivity contribution in [2.45, 2.75) is 57.2 Å². The number of unbranched alkanes of at least 4 members (excludes halogenated alkanes) is 2. The third-order valence-corrected chi connectivity index (χ3v) is 3.26. The van der Waals surface area contributed by atoms with Crippen LogP contribution in [0.1, 0.15) is 45.4 Å². The first-order valence-corrected chi connectivity index (χ1v) is 7.46. The van der Waals surface area contributed by atoms with Crippen molar-refractivity contribution in [1.29, 1.82) is 0 Å². The van der Waals surface area contributed by atoms with Crippen LogP contribution in [0.2, 0.25) is 0 Å². The predicted molar refractivity (Wildman–Crippen MR) is 79.9 cm³/mol. The number of rotatable bonds is 11. The minimum absolute atomic E-state index is 0.000185. The molecule has 0 radical (unpaired) electrons. The molecular weight excluding hydrogens is 274 g/mol. The van der Waals surface area contributed by atoms with E-state index >= 15 is 0 Å². The maximum Gasteiger partial charge on any atom is 0.306 e. The van der Waals surface area contributed by atoms with Crippen LogP contribution < -0.4 is 0 Å². The van der Waals surface area contributed by atoms with E-state index in [9.17, 15) is 19.8 Å². The largest absolute Gasteiger partial charge is 0.481 e. The Labute approximate surface area is 127 Å². The zero-order valence-electron chi connectivity index (χ0n) is 13.6. The fourth-order valence-electron chi connectivity index (χ4n) is 2.41. The van der Waals surface area contributed by atoms with Gasteiger partial charge in [0.15, 0.2) is 11.4 Å². The molecule has 0 spiro atoms. The molecule has 0 aliphatic rings. The zero-order valence-corrected chi connectivity index (χ0v) is 13.6. The van der Waals surface area contributed by atoms with Crippen LogP contribution in [0, 0.1) is 0 Å². The number of aliphatic hydroxyl groups excluding tert-OH is 1. The van der Waals surface area contributed by atoms with Crippen LogP contribution in [0.4, 0.5) is 0 Å². The molecule has 0 aromatic heterocycles. The standard InChI is InChI=1S/C15H29NO5/c1-5-6-7-8-12(17)9-13(18)15(21,10-14(19)20)11-16(2,3)4/h12,17,21H,5-11H2,1-4H3/p+1. The monoisotopic (exact) mass is 304 g/mol. The lowest BCUT2D eigenvalue weighted by Crippen LogP contribution is -2.55. The van der Waals surface area contributed by atoms with Crippen LogP contribution in [0.25, 0.3) is 0 Å². The van der Waals surface area contributed by atoms with E-state index in [4.69, 9.17) is 5.11 Å². The Morgan fingerprint density at radius 1 is 1.19 bits per heavy atom. The van der Waals surface area contributed by atoms with Crippen molar-refractivity contribution < 1.29 is 29.4 Å². The van der Waals surface area contributed by atoms with Crippen LogP contribution in [0.5, 0.6) is 0 Å². The number of carboxylic acids is 1. The first-order chi connectivity index (χ1) is 9.50. The van der Waals surface area contributed by atoms with Gasteiger partial charge in [0.25, 0.3) is 0 Å². The quantitative estimate of drug-likeness (QED) is 0.388. The molecule has 0 aliphatic heterocycles. The molecule has 21 heavy (non-hydrogen) atoms. The summed E-state index contributed by atoms with van der Waals surface area (Å²) >= 11 is 0. The summed E-state index contributed by atoms with van der Waals surface area (Å²) in [6.07, 6.45) is 1.65. The molecule has 0 aliphatic carbocycles. The number of likely N-dealkylation sites (N-methyl/N-ethyl adjacent to an activating group) is 1. The topological polar surface area (TPSA) is 94.8 Å². The predicted octanol–water partition coefficient (Wildman–Crippen LogP) is 0.799. The highest BCUT2D eigenvalue weighted by Gasteiger charge is 2.43. The normalized spacial score (nSPS) is 16.3. The number of carbonyl (C=O) groups is 2. The Morgan fingerprint density at radius 2 is 1.76 bits per heavy atom. The van der Waals surface area contributed by atoms with Crippen molar-refractivity contribution in [3.63, 3.8) is 0 Å². The van der Waals surface area contributed by atoms with E-state index < -0.39 is 29.9 Å². The summed E-state index contributed by atoms with van der Waals surface area (Å²) in [7, 11) is 5.33. The summed E-state index contributed by atoms with van der Waals surface area (Å²) in [5.74, 6) is -1.82. The molecule has 0 heterocycles.